The van der Waals surface area contributed by atoms with Gasteiger partial charge in [0.25, 0.3) is 5.91 Å². The molecule has 0 radical (unpaired) electrons. The molecular weight excluding hydrogens is 310 g/mol. The highest BCUT2D eigenvalue weighted by molar-refractivity contribution is 7.13. The number of nitrogens with zero attached hydrogens (tertiary/aromatic N) is 5. The minimum atomic E-state index is 0.0561. The normalized spacial score (nSPS) is 19.5. The van der Waals surface area contributed by atoms with Crippen LogP contribution < -0.4 is 4.90 Å². The summed E-state index contributed by atoms with van der Waals surface area (Å²) in [7, 11) is 0. The van der Waals surface area contributed by atoms with Gasteiger partial charge >= 0.3 is 0 Å². The third-order valence-electron chi connectivity index (χ3n) is 4.78. The van der Waals surface area contributed by atoms with E-state index >= 15 is 0 Å². The number of amides is 1. The summed E-state index contributed by atoms with van der Waals surface area (Å²) in [5, 5.41) is 7.57. The van der Waals surface area contributed by atoms with Gasteiger partial charge in [0.15, 0.2) is 5.13 Å². The fourth-order valence-corrected chi connectivity index (χ4v) is 4.16. The van der Waals surface area contributed by atoms with E-state index in [0.717, 1.165) is 31.3 Å². The molecule has 2 aromatic heterocycles. The molecule has 1 amide bonds. The molecule has 3 heterocycles. The SMILES string of the molecule is O=C(c1ccn(C2CCCC2)n1)N1CCN(c2nccs2)CC1. The average molecular weight is 331 g/mol. The van der Waals surface area contributed by atoms with E-state index in [2.05, 4.69) is 15.0 Å². The molecule has 2 fully saturated rings. The van der Waals surface area contributed by atoms with E-state index in [1.165, 1.54) is 25.7 Å². The number of carbonyl (C=O) groups excluding carboxylic acids is 1. The van der Waals surface area contributed by atoms with Gasteiger partial charge in [-0.15, -0.1) is 11.3 Å². The maximum absolute atomic E-state index is 12.6. The van der Waals surface area contributed by atoms with Crippen molar-refractivity contribution < 1.29 is 4.79 Å². The average Bonchev–Trinajstić information content (AvgIpc) is 3.36. The van der Waals surface area contributed by atoms with Crippen molar-refractivity contribution in [3.8, 4) is 0 Å². The molecule has 1 aliphatic heterocycles. The molecule has 6 nitrogen and oxygen atoms in total. The topological polar surface area (TPSA) is 54.3 Å². The Bertz CT molecular complexity index is 654. The summed E-state index contributed by atoms with van der Waals surface area (Å²) in [6, 6.07) is 2.35. The number of rotatable bonds is 3. The largest absolute Gasteiger partial charge is 0.345 e. The highest BCUT2D eigenvalue weighted by atomic mass is 32.1. The van der Waals surface area contributed by atoms with Crippen LogP contribution in [-0.2, 0) is 0 Å². The fourth-order valence-electron chi connectivity index (χ4n) is 3.46. The lowest BCUT2D eigenvalue weighted by Crippen LogP contribution is -2.48. The first-order valence-electron chi connectivity index (χ1n) is 8.30. The van der Waals surface area contributed by atoms with Crippen LogP contribution in [0.15, 0.2) is 23.8 Å². The zero-order valence-corrected chi connectivity index (χ0v) is 13.9. The summed E-state index contributed by atoms with van der Waals surface area (Å²) < 4.78 is 1.99. The van der Waals surface area contributed by atoms with Crippen molar-refractivity contribution in [2.75, 3.05) is 31.1 Å². The molecule has 0 spiro atoms. The van der Waals surface area contributed by atoms with Crippen LogP contribution in [-0.4, -0.2) is 51.8 Å². The van der Waals surface area contributed by atoms with Crippen molar-refractivity contribution in [2.45, 2.75) is 31.7 Å². The van der Waals surface area contributed by atoms with Crippen LogP contribution in [0.5, 0.6) is 0 Å². The maximum atomic E-state index is 12.6. The first-order valence-corrected chi connectivity index (χ1v) is 9.18. The Kier molecular flexibility index (Phi) is 4.03. The van der Waals surface area contributed by atoms with E-state index in [1.807, 2.05) is 33.4 Å². The number of aromatic nitrogens is 3. The van der Waals surface area contributed by atoms with Crippen LogP contribution in [0.4, 0.5) is 5.13 Å². The summed E-state index contributed by atoms with van der Waals surface area (Å²) in [6.45, 7) is 3.13. The van der Waals surface area contributed by atoms with E-state index < -0.39 is 0 Å². The van der Waals surface area contributed by atoms with Crippen molar-refractivity contribution in [2.24, 2.45) is 0 Å². The summed E-state index contributed by atoms with van der Waals surface area (Å²) >= 11 is 1.65. The van der Waals surface area contributed by atoms with Gasteiger partial charge in [-0.05, 0) is 18.9 Å². The van der Waals surface area contributed by atoms with Gasteiger partial charge in [0.05, 0.1) is 6.04 Å². The van der Waals surface area contributed by atoms with Crippen LogP contribution in [0.1, 0.15) is 42.2 Å². The highest BCUT2D eigenvalue weighted by Gasteiger charge is 2.25. The summed E-state index contributed by atoms with van der Waals surface area (Å²) in [5.74, 6) is 0.0561. The Labute approximate surface area is 139 Å². The van der Waals surface area contributed by atoms with Crippen LogP contribution in [0.3, 0.4) is 0 Å². The number of piperazine rings is 1. The number of hydrogen-bond donors (Lipinski definition) is 0. The van der Waals surface area contributed by atoms with Gasteiger partial charge in [-0.3, -0.25) is 9.48 Å². The molecule has 1 saturated heterocycles. The number of thiazole rings is 1. The number of carbonyl (C=O) groups is 1. The number of anilines is 1. The van der Waals surface area contributed by atoms with Crippen LogP contribution in [0.25, 0.3) is 0 Å². The molecule has 122 valence electrons. The van der Waals surface area contributed by atoms with Crippen molar-refractivity contribution in [1.29, 1.82) is 0 Å². The predicted octanol–water partition coefficient (Wildman–Crippen LogP) is 2.42. The molecule has 23 heavy (non-hydrogen) atoms. The molecule has 1 saturated carbocycles. The van der Waals surface area contributed by atoms with Crippen LogP contribution in [0.2, 0.25) is 0 Å². The Morgan fingerprint density at radius 3 is 2.65 bits per heavy atom. The van der Waals surface area contributed by atoms with Gasteiger partial charge in [-0.1, -0.05) is 12.8 Å². The van der Waals surface area contributed by atoms with Gasteiger partial charge in [0, 0.05) is 44.0 Å². The lowest BCUT2D eigenvalue weighted by molar-refractivity contribution is 0.0739. The summed E-state index contributed by atoms with van der Waals surface area (Å²) in [5.41, 5.74) is 0.583. The van der Waals surface area contributed by atoms with E-state index in [4.69, 9.17) is 0 Å². The molecule has 2 aromatic rings. The molecule has 0 unspecified atom stereocenters. The first kappa shape index (κ1) is 14.7. The second-order valence-electron chi connectivity index (χ2n) is 6.21. The lowest BCUT2D eigenvalue weighted by atomic mass is 10.3. The molecule has 2 aliphatic rings. The molecule has 1 aliphatic carbocycles. The Morgan fingerprint density at radius 2 is 1.96 bits per heavy atom. The zero-order valence-electron chi connectivity index (χ0n) is 13.1. The minimum absolute atomic E-state index is 0.0561. The third kappa shape index (κ3) is 2.97. The fraction of sp³-hybridized carbons (Fsp3) is 0.562. The molecule has 4 rings (SSSR count). The summed E-state index contributed by atoms with van der Waals surface area (Å²) in [6.07, 6.45) is 8.70. The molecule has 0 N–H and O–H groups in total. The quantitative estimate of drug-likeness (QED) is 0.867. The molecule has 7 heteroatoms. The second kappa shape index (κ2) is 6.31. The Balaban J connectivity index is 1.38. The van der Waals surface area contributed by atoms with Crippen molar-refractivity contribution in [1.82, 2.24) is 19.7 Å². The second-order valence-corrected chi connectivity index (χ2v) is 7.09. The van der Waals surface area contributed by atoms with Crippen molar-refractivity contribution in [3.63, 3.8) is 0 Å². The number of hydrogen-bond acceptors (Lipinski definition) is 5. The first-order chi connectivity index (χ1) is 11.3. The highest BCUT2D eigenvalue weighted by Crippen LogP contribution is 2.28. The van der Waals surface area contributed by atoms with Gasteiger partial charge in [0.2, 0.25) is 0 Å². The standard InChI is InChI=1S/C16H21N5OS/c22-15(14-5-7-21(18-14)13-3-1-2-4-13)19-8-10-20(11-9-19)16-17-6-12-23-16/h5-7,12-13H,1-4,8-11H2. The molecule has 0 aromatic carbocycles. The van der Waals surface area contributed by atoms with Crippen LogP contribution >= 0.6 is 11.3 Å². The smallest absolute Gasteiger partial charge is 0.274 e. The molecule has 0 bridgehead atoms. The van der Waals surface area contributed by atoms with E-state index in [9.17, 15) is 4.79 Å². The monoisotopic (exact) mass is 331 g/mol. The zero-order chi connectivity index (χ0) is 15.6. The van der Waals surface area contributed by atoms with E-state index in [0.29, 0.717) is 11.7 Å². The lowest BCUT2D eigenvalue weighted by Gasteiger charge is -2.34. The van der Waals surface area contributed by atoms with Gasteiger partial charge in [-0.2, -0.15) is 5.10 Å². The van der Waals surface area contributed by atoms with Crippen molar-refractivity contribution >= 4 is 22.4 Å². The van der Waals surface area contributed by atoms with Crippen LogP contribution in [0, 0.1) is 0 Å². The maximum Gasteiger partial charge on any atom is 0.274 e. The third-order valence-corrected chi connectivity index (χ3v) is 5.62. The van der Waals surface area contributed by atoms with Gasteiger partial charge in [-0.25, -0.2) is 4.98 Å². The minimum Gasteiger partial charge on any atom is -0.345 e. The predicted molar refractivity (Wildman–Crippen MR) is 90.0 cm³/mol. The Hall–Kier alpha value is -1.89. The van der Waals surface area contributed by atoms with Gasteiger partial charge < -0.3 is 9.80 Å². The van der Waals surface area contributed by atoms with Gasteiger partial charge in [0.1, 0.15) is 5.69 Å². The molecular formula is C16H21N5OS. The Morgan fingerprint density at radius 1 is 1.17 bits per heavy atom. The molecule has 0 atom stereocenters. The van der Waals surface area contributed by atoms with E-state index in [1.54, 1.807) is 11.3 Å². The summed E-state index contributed by atoms with van der Waals surface area (Å²) in [4.78, 5) is 21.1. The van der Waals surface area contributed by atoms with Crippen molar-refractivity contribution in [3.05, 3.63) is 29.5 Å². The van der Waals surface area contributed by atoms with E-state index in [-0.39, 0.29) is 5.91 Å².